The lowest BCUT2D eigenvalue weighted by Crippen LogP contribution is -2.25. The van der Waals surface area contributed by atoms with Crippen molar-refractivity contribution in [1.82, 2.24) is 0 Å². The molecule has 0 bridgehead atoms. The maximum absolute atomic E-state index is 12.2. The van der Waals surface area contributed by atoms with Crippen LogP contribution in [0.25, 0.3) is 11.1 Å². The van der Waals surface area contributed by atoms with Gasteiger partial charge in [-0.2, -0.15) is 0 Å². The maximum Gasteiger partial charge on any atom is 0.315 e. The average molecular weight is 428 g/mol. The molecule has 0 aromatic heterocycles. The largest absolute Gasteiger partial charge is 0.493 e. The molecule has 8 heteroatoms. The fourth-order valence-electron chi connectivity index (χ4n) is 4.01. The van der Waals surface area contributed by atoms with Crippen molar-refractivity contribution < 1.29 is 38.7 Å². The van der Waals surface area contributed by atoms with Crippen LogP contribution < -0.4 is 14.2 Å². The zero-order chi connectivity index (χ0) is 22.2. The number of ketones is 1. The van der Waals surface area contributed by atoms with Gasteiger partial charge in [0.15, 0.2) is 17.3 Å². The van der Waals surface area contributed by atoms with Gasteiger partial charge in [-0.05, 0) is 42.5 Å². The van der Waals surface area contributed by atoms with Gasteiger partial charge in [0.05, 0.1) is 14.2 Å². The second kappa shape index (κ2) is 8.20. The third-order valence-electron chi connectivity index (χ3n) is 5.85. The van der Waals surface area contributed by atoms with Gasteiger partial charge in [-0.3, -0.25) is 9.59 Å². The lowest BCUT2D eigenvalue weighted by atomic mass is 9.95. The van der Waals surface area contributed by atoms with Gasteiger partial charge in [0.25, 0.3) is 0 Å². The van der Waals surface area contributed by atoms with E-state index in [9.17, 15) is 19.8 Å². The van der Waals surface area contributed by atoms with Crippen molar-refractivity contribution in [2.24, 2.45) is 5.41 Å². The van der Waals surface area contributed by atoms with Crippen molar-refractivity contribution in [3.63, 3.8) is 0 Å². The Hall–Kier alpha value is -3.10. The molecule has 1 saturated carbocycles. The highest BCUT2D eigenvalue weighted by Crippen LogP contribution is 2.51. The summed E-state index contributed by atoms with van der Waals surface area (Å²) in [7, 11) is 2.76. The lowest BCUT2D eigenvalue weighted by Gasteiger charge is -2.22. The first-order chi connectivity index (χ1) is 14.9. The monoisotopic (exact) mass is 428 g/mol. The van der Waals surface area contributed by atoms with E-state index in [1.54, 1.807) is 24.3 Å². The van der Waals surface area contributed by atoms with Gasteiger partial charge < -0.3 is 29.2 Å². The highest BCUT2D eigenvalue weighted by Gasteiger charge is 2.52. The number of Topliss-reactive ketones (excluding diaryl/α,β-unsaturated/α-hetero) is 1. The summed E-state index contributed by atoms with van der Waals surface area (Å²) in [5.74, 6) is 0.164. The van der Waals surface area contributed by atoms with Gasteiger partial charge in [0, 0.05) is 17.5 Å². The number of esters is 1. The minimum atomic E-state index is -2.11. The summed E-state index contributed by atoms with van der Waals surface area (Å²) in [6.07, 6.45) is 2.30. The Balaban J connectivity index is 1.82. The van der Waals surface area contributed by atoms with E-state index in [1.807, 2.05) is 6.07 Å². The Bertz CT molecular complexity index is 1020. The first-order valence-corrected chi connectivity index (χ1v) is 10.0. The summed E-state index contributed by atoms with van der Waals surface area (Å²) >= 11 is 0. The summed E-state index contributed by atoms with van der Waals surface area (Å²) in [5, 5.41) is 18.9. The first kappa shape index (κ1) is 21.1. The van der Waals surface area contributed by atoms with Crippen molar-refractivity contribution in [2.75, 3.05) is 20.8 Å². The van der Waals surface area contributed by atoms with Crippen molar-refractivity contribution in [3.8, 4) is 28.4 Å². The van der Waals surface area contributed by atoms with Crippen LogP contribution in [0.4, 0.5) is 0 Å². The second-order valence-corrected chi connectivity index (χ2v) is 7.73. The number of benzene rings is 2. The van der Waals surface area contributed by atoms with E-state index in [0.29, 0.717) is 36.8 Å². The number of hydrogen-bond donors (Lipinski definition) is 2. The summed E-state index contributed by atoms with van der Waals surface area (Å²) in [6.45, 7) is -2.07. The second-order valence-electron chi connectivity index (χ2n) is 7.73. The minimum Gasteiger partial charge on any atom is -0.493 e. The molecule has 0 spiro atoms. The van der Waals surface area contributed by atoms with Gasteiger partial charge >= 0.3 is 12.4 Å². The number of methoxy groups -OCH3 is 2. The summed E-state index contributed by atoms with van der Waals surface area (Å²) in [5.41, 5.74) is 2.20. The molecule has 2 aliphatic carbocycles. The third kappa shape index (κ3) is 3.84. The predicted octanol–water partition coefficient (Wildman–Crippen LogP) is 2.47. The first-order valence-electron chi connectivity index (χ1n) is 10.0. The Morgan fingerprint density at radius 3 is 2.42 bits per heavy atom. The number of carbonyl (C=O) groups is 2. The minimum absolute atomic E-state index is 0.00223. The number of fused-ring (bicyclic) bond motifs is 1. The van der Waals surface area contributed by atoms with E-state index < -0.39 is 11.9 Å². The quantitative estimate of drug-likeness (QED) is 0.487. The van der Waals surface area contributed by atoms with Crippen molar-refractivity contribution in [1.29, 1.82) is 0 Å². The molecule has 31 heavy (non-hydrogen) atoms. The molecule has 1 fully saturated rings. The molecule has 2 aliphatic rings. The fourth-order valence-corrected chi connectivity index (χ4v) is 4.01. The SMILES string of the molecule is COC(=O)C1(COc2c(-c3cccc4c3CCC4=O)ccc(OC)c2OC(O)O)CC1. The van der Waals surface area contributed by atoms with E-state index in [2.05, 4.69) is 0 Å². The number of ether oxygens (including phenoxy) is 4. The molecule has 4 rings (SSSR count). The van der Waals surface area contributed by atoms with Crippen LogP contribution in [0.2, 0.25) is 0 Å². The van der Waals surface area contributed by atoms with Crippen LogP contribution in [0.1, 0.15) is 35.2 Å². The van der Waals surface area contributed by atoms with Gasteiger partial charge in [0.2, 0.25) is 5.75 Å². The number of aliphatic hydroxyl groups excluding tert-OH is 1. The van der Waals surface area contributed by atoms with Crippen molar-refractivity contribution in [2.45, 2.75) is 32.2 Å². The van der Waals surface area contributed by atoms with Gasteiger partial charge in [0.1, 0.15) is 12.0 Å². The summed E-state index contributed by atoms with van der Waals surface area (Å²) in [6, 6.07) is 8.86. The maximum atomic E-state index is 12.2. The Morgan fingerprint density at radius 2 is 1.77 bits per heavy atom. The molecule has 2 N–H and O–H groups in total. The molecule has 0 radical (unpaired) electrons. The molecule has 0 unspecified atom stereocenters. The molecular weight excluding hydrogens is 404 g/mol. The number of rotatable bonds is 8. The van der Waals surface area contributed by atoms with E-state index in [1.165, 1.54) is 14.2 Å². The number of hydrogen-bond acceptors (Lipinski definition) is 8. The van der Waals surface area contributed by atoms with Crippen LogP contribution in [0, 0.1) is 5.41 Å². The molecule has 0 aliphatic heterocycles. The number of aliphatic hydroxyl groups is 2. The third-order valence-corrected chi connectivity index (χ3v) is 5.85. The van der Waals surface area contributed by atoms with Crippen molar-refractivity contribution >= 4 is 11.8 Å². The Labute approximate surface area is 179 Å². The van der Waals surface area contributed by atoms with Gasteiger partial charge in [-0.25, -0.2) is 0 Å². The van der Waals surface area contributed by atoms with Crippen LogP contribution in [-0.2, 0) is 16.0 Å². The number of carbonyl (C=O) groups excluding carboxylic acids is 2. The van der Waals surface area contributed by atoms with E-state index >= 15 is 0 Å². The Kier molecular flexibility index (Phi) is 5.60. The molecule has 0 saturated heterocycles. The highest BCUT2D eigenvalue weighted by atomic mass is 16.7. The van der Waals surface area contributed by atoms with E-state index in [-0.39, 0.29) is 35.6 Å². The van der Waals surface area contributed by atoms with E-state index in [4.69, 9.17) is 18.9 Å². The van der Waals surface area contributed by atoms with E-state index in [0.717, 1.165) is 11.1 Å². The van der Waals surface area contributed by atoms with Crippen LogP contribution in [0.3, 0.4) is 0 Å². The van der Waals surface area contributed by atoms with Crippen LogP contribution in [0.15, 0.2) is 30.3 Å². The molecule has 0 amide bonds. The molecular formula is C23H24O8. The topological polar surface area (TPSA) is 112 Å². The molecule has 0 atom stereocenters. The molecule has 2 aromatic carbocycles. The molecule has 0 heterocycles. The standard InChI is InChI=1S/C23H24O8/c1-28-18-9-7-16(13-4-3-5-15-14(13)6-8-17(15)24)19(20(18)31-22(26)27)30-12-23(10-11-23)21(25)29-2/h3-5,7,9,22,26-27H,6,8,10-12H2,1-2H3. The predicted molar refractivity (Wildman–Crippen MR) is 109 cm³/mol. The zero-order valence-electron chi connectivity index (χ0n) is 17.3. The van der Waals surface area contributed by atoms with Crippen LogP contribution in [0.5, 0.6) is 17.2 Å². The highest BCUT2D eigenvalue weighted by molar-refractivity contribution is 6.02. The fraction of sp³-hybridized carbons (Fsp3) is 0.391. The van der Waals surface area contributed by atoms with Crippen LogP contribution >= 0.6 is 0 Å². The molecule has 2 aromatic rings. The summed E-state index contributed by atoms with van der Waals surface area (Å²) in [4.78, 5) is 24.4. The van der Waals surface area contributed by atoms with Gasteiger partial charge in [-0.15, -0.1) is 0 Å². The zero-order valence-corrected chi connectivity index (χ0v) is 17.3. The Morgan fingerprint density at radius 1 is 1.03 bits per heavy atom. The normalized spacial score (nSPS) is 16.1. The lowest BCUT2D eigenvalue weighted by molar-refractivity contribution is -0.180. The van der Waals surface area contributed by atoms with Crippen LogP contribution in [-0.4, -0.2) is 49.3 Å². The molecule has 8 nitrogen and oxygen atoms in total. The van der Waals surface area contributed by atoms with Gasteiger partial charge in [-0.1, -0.05) is 18.2 Å². The summed E-state index contributed by atoms with van der Waals surface area (Å²) < 4.78 is 21.5. The smallest absolute Gasteiger partial charge is 0.315 e. The molecule has 164 valence electrons. The average Bonchev–Trinajstić information content (AvgIpc) is 3.47. The van der Waals surface area contributed by atoms with Crippen molar-refractivity contribution in [3.05, 3.63) is 41.5 Å².